The second-order valence-electron chi connectivity index (χ2n) is 6.68. The molecular weight excluding hydrogens is 344 g/mol. The average Bonchev–Trinajstić information content (AvgIpc) is 2.61. The molecular formula is C21H24N2O4. The molecule has 142 valence electrons. The van der Waals surface area contributed by atoms with Crippen molar-refractivity contribution < 1.29 is 19.1 Å². The Labute approximate surface area is 158 Å². The van der Waals surface area contributed by atoms with E-state index in [9.17, 15) is 14.4 Å². The molecule has 2 N–H and O–H groups in total. The number of carbonyl (C=O) groups excluding carboxylic acids is 3. The first-order valence-corrected chi connectivity index (χ1v) is 8.77. The van der Waals surface area contributed by atoms with Crippen LogP contribution in [0.1, 0.15) is 36.7 Å². The molecule has 0 aliphatic carbocycles. The standard InChI is InChI=1S/C21H24N2O4/c1-14(2)12-16-4-6-17(7-5-16)21(26)27-13-20(25)23-19-10-8-18(9-11-19)22-15(3)24/h4-11,14H,12-13H2,1-3H3,(H,22,24)(H,23,25). The van der Waals surface area contributed by atoms with Gasteiger partial charge < -0.3 is 15.4 Å². The molecule has 0 bridgehead atoms. The van der Waals surface area contributed by atoms with Crippen molar-refractivity contribution in [3.63, 3.8) is 0 Å². The minimum absolute atomic E-state index is 0.170. The third kappa shape index (κ3) is 6.93. The average molecular weight is 368 g/mol. The normalized spacial score (nSPS) is 10.4. The number of esters is 1. The number of hydrogen-bond acceptors (Lipinski definition) is 4. The summed E-state index contributed by atoms with van der Waals surface area (Å²) in [6.07, 6.45) is 0.943. The molecule has 0 aliphatic rings. The van der Waals surface area contributed by atoms with Crippen LogP contribution in [0, 0.1) is 5.92 Å². The van der Waals surface area contributed by atoms with Gasteiger partial charge in [-0.05, 0) is 54.3 Å². The molecule has 0 spiro atoms. The summed E-state index contributed by atoms with van der Waals surface area (Å²) in [5, 5.41) is 5.27. The minimum Gasteiger partial charge on any atom is -0.452 e. The van der Waals surface area contributed by atoms with Gasteiger partial charge in [0.15, 0.2) is 6.61 Å². The second kappa shape index (κ2) is 9.52. The Kier molecular flexibility index (Phi) is 7.11. The molecule has 2 aromatic carbocycles. The monoisotopic (exact) mass is 368 g/mol. The van der Waals surface area contributed by atoms with Crippen LogP contribution in [0.4, 0.5) is 11.4 Å². The summed E-state index contributed by atoms with van der Waals surface area (Å²) in [5.74, 6) is -0.607. The molecule has 2 rings (SSSR count). The number of benzene rings is 2. The van der Waals surface area contributed by atoms with E-state index in [0.717, 1.165) is 12.0 Å². The third-order valence-electron chi connectivity index (χ3n) is 3.66. The number of anilines is 2. The molecule has 0 fully saturated rings. The summed E-state index contributed by atoms with van der Waals surface area (Å²) in [4.78, 5) is 34.9. The lowest BCUT2D eigenvalue weighted by Gasteiger charge is -2.09. The maximum atomic E-state index is 12.0. The largest absolute Gasteiger partial charge is 0.452 e. The van der Waals surface area contributed by atoms with Crippen LogP contribution in [0.3, 0.4) is 0 Å². The fraction of sp³-hybridized carbons (Fsp3) is 0.286. The van der Waals surface area contributed by atoms with E-state index in [2.05, 4.69) is 24.5 Å². The predicted octanol–water partition coefficient (Wildman–Crippen LogP) is 3.64. The SMILES string of the molecule is CC(=O)Nc1ccc(NC(=O)COC(=O)c2ccc(CC(C)C)cc2)cc1. The van der Waals surface area contributed by atoms with Gasteiger partial charge in [0.1, 0.15) is 0 Å². The van der Waals surface area contributed by atoms with Crippen molar-refractivity contribution >= 4 is 29.2 Å². The maximum Gasteiger partial charge on any atom is 0.338 e. The van der Waals surface area contributed by atoms with E-state index in [0.29, 0.717) is 22.9 Å². The van der Waals surface area contributed by atoms with Crippen molar-refractivity contribution in [2.45, 2.75) is 27.2 Å². The van der Waals surface area contributed by atoms with E-state index in [1.807, 2.05) is 12.1 Å². The minimum atomic E-state index is -0.540. The smallest absolute Gasteiger partial charge is 0.338 e. The molecule has 0 aliphatic heterocycles. The molecule has 6 nitrogen and oxygen atoms in total. The predicted molar refractivity (Wildman–Crippen MR) is 105 cm³/mol. The molecule has 0 saturated carbocycles. The number of hydrogen-bond donors (Lipinski definition) is 2. The van der Waals surface area contributed by atoms with E-state index >= 15 is 0 Å². The molecule has 0 aromatic heterocycles. The summed E-state index contributed by atoms with van der Waals surface area (Å²) >= 11 is 0. The highest BCUT2D eigenvalue weighted by atomic mass is 16.5. The zero-order chi connectivity index (χ0) is 19.8. The highest BCUT2D eigenvalue weighted by Gasteiger charge is 2.11. The van der Waals surface area contributed by atoms with E-state index in [4.69, 9.17) is 4.74 Å². The van der Waals surface area contributed by atoms with Gasteiger partial charge in [-0.25, -0.2) is 4.79 Å². The summed E-state index contributed by atoms with van der Waals surface area (Å²) in [7, 11) is 0. The number of carbonyl (C=O) groups is 3. The van der Waals surface area contributed by atoms with Gasteiger partial charge in [-0.2, -0.15) is 0 Å². The van der Waals surface area contributed by atoms with Crippen LogP contribution in [-0.4, -0.2) is 24.4 Å². The molecule has 27 heavy (non-hydrogen) atoms. The number of rotatable bonds is 7. The topological polar surface area (TPSA) is 84.5 Å². The molecule has 0 heterocycles. The van der Waals surface area contributed by atoms with Crippen molar-refractivity contribution in [3.05, 3.63) is 59.7 Å². The van der Waals surface area contributed by atoms with Crippen LogP contribution in [0.15, 0.2) is 48.5 Å². The first kappa shape index (κ1) is 20.2. The molecule has 0 saturated heterocycles. The summed E-state index contributed by atoms with van der Waals surface area (Å²) in [6.45, 7) is 5.31. The number of nitrogens with one attached hydrogen (secondary N) is 2. The van der Waals surface area contributed by atoms with Crippen molar-refractivity contribution in [3.8, 4) is 0 Å². The number of amides is 2. The van der Waals surface area contributed by atoms with Crippen molar-refractivity contribution in [2.75, 3.05) is 17.2 Å². The first-order valence-electron chi connectivity index (χ1n) is 8.77. The van der Waals surface area contributed by atoms with Crippen molar-refractivity contribution in [1.29, 1.82) is 0 Å². The van der Waals surface area contributed by atoms with Gasteiger partial charge >= 0.3 is 5.97 Å². The molecule has 2 amide bonds. The Morgan fingerprint density at radius 2 is 1.44 bits per heavy atom. The summed E-state index contributed by atoms with van der Waals surface area (Å²) in [6, 6.07) is 13.8. The lowest BCUT2D eigenvalue weighted by atomic mass is 10.0. The molecule has 2 aromatic rings. The van der Waals surface area contributed by atoms with Crippen LogP contribution >= 0.6 is 0 Å². The Hall–Kier alpha value is -3.15. The lowest BCUT2D eigenvalue weighted by molar-refractivity contribution is -0.119. The Bertz CT molecular complexity index is 796. The Balaban J connectivity index is 1.82. The van der Waals surface area contributed by atoms with Gasteiger partial charge in [-0.3, -0.25) is 9.59 Å². The molecule has 0 unspecified atom stereocenters. The van der Waals surface area contributed by atoms with Crippen LogP contribution in [-0.2, 0) is 20.7 Å². The Morgan fingerprint density at radius 3 is 1.96 bits per heavy atom. The summed E-state index contributed by atoms with van der Waals surface area (Å²) in [5.41, 5.74) is 2.74. The van der Waals surface area contributed by atoms with E-state index < -0.39 is 11.9 Å². The highest BCUT2D eigenvalue weighted by molar-refractivity contribution is 5.96. The van der Waals surface area contributed by atoms with E-state index in [1.165, 1.54) is 6.92 Å². The van der Waals surface area contributed by atoms with Gasteiger partial charge in [0.25, 0.3) is 5.91 Å². The Morgan fingerprint density at radius 1 is 0.889 bits per heavy atom. The lowest BCUT2D eigenvalue weighted by Crippen LogP contribution is -2.21. The second-order valence-corrected chi connectivity index (χ2v) is 6.68. The maximum absolute atomic E-state index is 12.0. The van der Waals surface area contributed by atoms with Crippen LogP contribution in [0.25, 0.3) is 0 Å². The summed E-state index contributed by atoms with van der Waals surface area (Å²) < 4.78 is 5.05. The van der Waals surface area contributed by atoms with Gasteiger partial charge in [-0.1, -0.05) is 26.0 Å². The van der Waals surface area contributed by atoms with E-state index in [1.54, 1.807) is 36.4 Å². The quantitative estimate of drug-likeness (QED) is 0.731. The fourth-order valence-electron chi connectivity index (χ4n) is 2.50. The van der Waals surface area contributed by atoms with Gasteiger partial charge in [0, 0.05) is 18.3 Å². The van der Waals surface area contributed by atoms with Crippen LogP contribution in [0.5, 0.6) is 0 Å². The molecule has 0 atom stereocenters. The van der Waals surface area contributed by atoms with Gasteiger partial charge in [-0.15, -0.1) is 0 Å². The van der Waals surface area contributed by atoms with Crippen LogP contribution < -0.4 is 10.6 Å². The number of ether oxygens (including phenoxy) is 1. The van der Waals surface area contributed by atoms with Crippen molar-refractivity contribution in [2.24, 2.45) is 5.92 Å². The molecule has 0 radical (unpaired) electrons. The zero-order valence-electron chi connectivity index (χ0n) is 15.7. The van der Waals surface area contributed by atoms with E-state index in [-0.39, 0.29) is 12.5 Å². The zero-order valence-corrected chi connectivity index (χ0v) is 15.7. The third-order valence-corrected chi connectivity index (χ3v) is 3.66. The highest BCUT2D eigenvalue weighted by Crippen LogP contribution is 2.14. The molecule has 6 heteroatoms. The fourth-order valence-corrected chi connectivity index (χ4v) is 2.50. The van der Waals surface area contributed by atoms with Crippen LogP contribution in [0.2, 0.25) is 0 Å². The van der Waals surface area contributed by atoms with Gasteiger partial charge in [0.05, 0.1) is 5.56 Å². The first-order chi connectivity index (χ1) is 12.8. The van der Waals surface area contributed by atoms with Gasteiger partial charge in [0.2, 0.25) is 5.91 Å². The van der Waals surface area contributed by atoms with Crippen molar-refractivity contribution in [1.82, 2.24) is 0 Å².